The molecule has 0 heterocycles. The first kappa shape index (κ1) is 10.5. The zero-order valence-corrected chi connectivity index (χ0v) is 9.17. The summed E-state index contributed by atoms with van der Waals surface area (Å²) in [6, 6.07) is 5.20. The van der Waals surface area contributed by atoms with Crippen molar-refractivity contribution in [1.82, 2.24) is 0 Å². The average Bonchev–Trinajstić information content (AvgIpc) is 3.04. The van der Waals surface area contributed by atoms with Crippen molar-refractivity contribution in [3.63, 3.8) is 0 Å². The monoisotopic (exact) mass is 224 g/mol. The smallest absolute Gasteiger partial charge is 0.153 e. The van der Waals surface area contributed by atoms with Crippen molar-refractivity contribution in [2.45, 2.75) is 19.3 Å². The Kier molecular flexibility index (Phi) is 3.27. The molecule has 2 nitrogen and oxygen atoms in total. The minimum absolute atomic E-state index is 0.510. The summed E-state index contributed by atoms with van der Waals surface area (Å²) < 4.78 is 5.55. The molecule has 1 aromatic carbocycles. The lowest BCUT2D eigenvalue weighted by atomic mass is 10.2. The third kappa shape index (κ3) is 2.72. The maximum absolute atomic E-state index is 10.8. The van der Waals surface area contributed by atoms with Gasteiger partial charge in [-0.3, -0.25) is 4.79 Å². The number of carbonyl (C=O) groups is 1. The largest absolute Gasteiger partial charge is 0.491 e. The van der Waals surface area contributed by atoms with Crippen LogP contribution in [0.1, 0.15) is 29.6 Å². The molecule has 0 radical (unpaired) electrons. The summed E-state index contributed by atoms with van der Waals surface area (Å²) in [5.74, 6) is 1.35. The molecule has 1 fully saturated rings. The summed E-state index contributed by atoms with van der Waals surface area (Å²) in [7, 11) is 0. The topological polar surface area (TPSA) is 26.3 Å². The average molecular weight is 225 g/mol. The molecule has 1 aliphatic carbocycles. The lowest BCUT2D eigenvalue weighted by molar-refractivity contribution is 0.111. The molecule has 0 aromatic heterocycles. The van der Waals surface area contributed by atoms with Crippen molar-refractivity contribution < 1.29 is 9.53 Å². The van der Waals surface area contributed by atoms with Gasteiger partial charge in [0.15, 0.2) is 6.29 Å². The molecule has 1 saturated carbocycles. The van der Waals surface area contributed by atoms with Crippen LogP contribution in [0.2, 0.25) is 5.02 Å². The summed E-state index contributed by atoms with van der Waals surface area (Å²) in [5, 5.41) is 0.510. The highest BCUT2D eigenvalue weighted by Gasteiger charge is 2.21. The van der Waals surface area contributed by atoms with Crippen LogP contribution in [0.15, 0.2) is 18.2 Å². The van der Waals surface area contributed by atoms with E-state index in [-0.39, 0.29) is 0 Å². The number of benzene rings is 1. The Bertz CT molecular complexity index is 359. The highest BCUT2D eigenvalue weighted by atomic mass is 35.5. The molecule has 15 heavy (non-hydrogen) atoms. The molecular weight excluding hydrogens is 212 g/mol. The summed E-state index contributed by atoms with van der Waals surface area (Å²) in [4.78, 5) is 10.8. The minimum Gasteiger partial charge on any atom is -0.491 e. The van der Waals surface area contributed by atoms with E-state index in [0.29, 0.717) is 22.9 Å². The van der Waals surface area contributed by atoms with Crippen molar-refractivity contribution in [1.29, 1.82) is 0 Å². The summed E-state index contributed by atoms with van der Waals surface area (Å²) >= 11 is 5.96. The van der Waals surface area contributed by atoms with E-state index < -0.39 is 0 Å². The number of hydrogen-bond donors (Lipinski definition) is 0. The second-order valence-electron chi connectivity index (χ2n) is 3.86. The molecule has 0 aliphatic heterocycles. The summed E-state index contributed by atoms with van der Waals surface area (Å²) in [6.45, 7) is 0.648. The van der Waals surface area contributed by atoms with Crippen molar-refractivity contribution in [2.75, 3.05) is 6.61 Å². The van der Waals surface area contributed by atoms with Crippen molar-refractivity contribution in [2.24, 2.45) is 5.92 Å². The van der Waals surface area contributed by atoms with E-state index in [4.69, 9.17) is 16.3 Å². The van der Waals surface area contributed by atoms with Crippen molar-refractivity contribution in [3.05, 3.63) is 28.8 Å². The Hall–Kier alpha value is -1.02. The molecule has 0 amide bonds. The standard InChI is InChI=1S/C12H13ClO2/c13-11-3-1-2-10(8-14)12(11)15-7-6-9-4-5-9/h1-3,8-9H,4-7H2. The first-order valence-corrected chi connectivity index (χ1v) is 5.55. The van der Waals surface area contributed by atoms with Gasteiger partial charge in [-0.25, -0.2) is 0 Å². The predicted octanol–water partition coefficient (Wildman–Crippen LogP) is 3.33. The van der Waals surface area contributed by atoms with E-state index in [9.17, 15) is 4.79 Å². The molecule has 0 atom stereocenters. The van der Waals surface area contributed by atoms with Gasteiger partial charge >= 0.3 is 0 Å². The molecule has 1 aliphatic rings. The highest BCUT2D eigenvalue weighted by molar-refractivity contribution is 6.32. The van der Waals surface area contributed by atoms with Crippen molar-refractivity contribution in [3.8, 4) is 5.75 Å². The third-order valence-electron chi connectivity index (χ3n) is 2.59. The Morgan fingerprint density at radius 1 is 1.47 bits per heavy atom. The van der Waals surface area contributed by atoms with Crippen LogP contribution in [0, 0.1) is 5.92 Å². The van der Waals surface area contributed by atoms with Gasteiger partial charge in [-0.2, -0.15) is 0 Å². The van der Waals surface area contributed by atoms with Crippen LogP contribution in [0.4, 0.5) is 0 Å². The van der Waals surface area contributed by atoms with E-state index in [1.807, 2.05) is 0 Å². The van der Waals surface area contributed by atoms with E-state index >= 15 is 0 Å². The number of ether oxygens (including phenoxy) is 1. The minimum atomic E-state index is 0.510. The van der Waals surface area contributed by atoms with E-state index in [2.05, 4.69) is 0 Å². The lowest BCUT2D eigenvalue weighted by Gasteiger charge is -2.09. The first-order chi connectivity index (χ1) is 7.31. The molecule has 0 saturated heterocycles. The molecule has 2 rings (SSSR count). The number of carbonyl (C=O) groups excluding carboxylic acids is 1. The van der Waals surface area contributed by atoms with Crippen LogP contribution in [0.5, 0.6) is 5.75 Å². The zero-order chi connectivity index (χ0) is 10.7. The number of aldehydes is 1. The Morgan fingerprint density at radius 3 is 2.93 bits per heavy atom. The van der Waals surface area contributed by atoms with Gasteiger partial charge in [-0.05, 0) is 24.5 Å². The lowest BCUT2D eigenvalue weighted by Crippen LogP contribution is -2.01. The maximum atomic E-state index is 10.8. The van der Waals surface area contributed by atoms with Gasteiger partial charge in [0.1, 0.15) is 5.75 Å². The summed E-state index contributed by atoms with van der Waals surface area (Å²) in [6.07, 6.45) is 4.46. The fourth-order valence-corrected chi connectivity index (χ4v) is 1.74. The van der Waals surface area contributed by atoms with E-state index in [1.54, 1.807) is 18.2 Å². The molecule has 0 N–H and O–H groups in total. The third-order valence-corrected chi connectivity index (χ3v) is 2.89. The van der Waals surface area contributed by atoms with Gasteiger partial charge in [0.2, 0.25) is 0 Å². The molecule has 0 spiro atoms. The second kappa shape index (κ2) is 4.67. The number of rotatable bonds is 5. The van der Waals surface area contributed by atoms with Crippen LogP contribution >= 0.6 is 11.6 Å². The number of hydrogen-bond acceptors (Lipinski definition) is 2. The van der Waals surface area contributed by atoms with Gasteiger partial charge in [-0.1, -0.05) is 30.5 Å². The Balaban J connectivity index is 2.00. The quantitative estimate of drug-likeness (QED) is 0.718. The molecule has 80 valence electrons. The maximum Gasteiger partial charge on any atom is 0.153 e. The van der Waals surface area contributed by atoms with Crippen LogP contribution in [-0.2, 0) is 0 Å². The van der Waals surface area contributed by atoms with Gasteiger partial charge in [-0.15, -0.1) is 0 Å². The van der Waals surface area contributed by atoms with Gasteiger partial charge in [0, 0.05) is 0 Å². The van der Waals surface area contributed by atoms with Gasteiger partial charge in [0.05, 0.1) is 17.2 Å². The van der Waals surface area contributed by atoms with Crippen LogP contribution < -0.4 is 4.74 Å². The highest BCUT2D eigenvalue weighted by Crippen LogP contribution is 2.33. The molecule has 1 aromatic rings. The zero-order valence-electron chi connectivity index (χ0n) is 8.41. The van der Waals surface area contributed by atoms with Gasteiger partial charge in [0.25, 0.3) is 0 Å². The number of para-hydroxylation sites is 1. The molecule has 3 heteroatoms. The summed E-state index contributed by atoms with van der Waals surface area (Å²) in [5.41, 5.74) is 0.526. The molecule has 0 bridgehead atoms. The first-order valence-electron chi connectivity index (χ1n) is 5.17. The van der Waals surface area contributed by atoms with E-state index in [1.165, 1.54) is 12.8 Å². The van der Waals surface area contributed by atoms with Crippen LogP contribution in [0.3, 0.4) is 0 Å². The fraction of sp³-hybridized carbons (Fsp3) is 0.417. The second-order valence-corrected chi connectivity index (χ2v) is 4.26. The van der Waals surface area contributed by atoms with Gasteiger partial charge < -0.3 is 4.74 Å². The van der Waals surface area contributed by atoms with Crippen LogP contribution in [-0.4, -0.2) is 12.9 Å². The fourth-order valence-electron chi connectivity index (χ4n) is 1.50. The SMILES string of the molecule is O=Cc1cccc(Cl)c1OCCC1CC1. The molecular formula is C12H13ClO2. The Labute approximate surface area is 94.2 Å². The normalized spacial score (nSPS) is 15.0. The van der Waals surface area contributed by atoms with Crippen LogP contribution in [0.25, 0.3) is 0 Å². The predicted molar refractivity (Wildman–Crippen MR) is 59.7 cm³/mol. The van der Waals surface area contributed by atoms with E-state index in [0.717, 1.165) is 18.6 Å². The molecule has 0 unspecified atom stereocenters. The Morgan fingerprint density at radius 2 is 2.27 bits per heavy atom. The number of halogens is 1. The van der Waals surface area contributed by atoms with Crippen molar-refractivity contribution >= 4 is 17.9 Å².